The molecule has 0 saturated carbocycles. The third-order valence-electron chi connectivity index (χ3n) is 4.97. The largest absolute Gasteiger partial charge is 0.317 e. The minimum absolute atomic E-state index is 0.0839. The number of amides is 1. The van der Waals surface area contributed by atoms with Crippen molar-refractivity contribution >= 4 is 56.2 Å². The lowest BCUT2D eigenvalue weighted by Crippen LogP contribution is -2.28. The summed E-state index contributed by atoms with van der Waals surface area (Å²) in [7, 11) is 0. The van der Waals surface area contributed by atoms with Crippen molar-refractivity contribution in [1.29, 1.82) is 0 Å². The smallest absolute Gasteiger partial charge is 0.271 e. The molecule has 0 N–H and O–H groups in total. The van der Waals surface area contributed by atoms with E-state index >= 15 is 0 Å². The highest BCUT2D eigenvalue weighted by molar-refractivity contribution is 9.10. The molecule has 1 fully saturated rings. The van der Waals surface area contributed by atoms with Crippen molar-refractivity contribution in [1.82, 2.24) is 4.57 Å². The molecular weight excluding hydrogens is 482 g/mol. The topological polar surface area (TPSA) is 37.6 Å². The molecule has 0 bridgehead atoms. The molecule has 1 saturated heterocycles. The number of carbonyl (C=O) groups is 1. The van der Waals surface area contributed by atoms with Crippen LogP contribution in [-0.4, -0.2) is 15.6 Å². The number of aliphatic imine (C=N–C) groups is 1. The number of hydrogen-bond acceptors (Lipinski definition) is 3. The van der Waals surface area contributed by atoms with Gasteiger partial charge in [-0.2, -0.15) is 0 Å². The van der Waals surface area contributed by atoms with Crippen LogP contribution in [-0.2, 0) is 4.79 Å². The molecule has 0 atom stereocenters. The summed E-state index contributed by atoms with van der Waals surface area (Å²) in [4.78, 5) is 20.5. The maximum absolute atomic E-state index is 13.5. The molecule has 6 heteroatoms. The zero-order valence-corrected chi connectivity index (χ0v) is 19.3. The number of para-hydroxylation sites is 2. The molecule has 1 aliphatic heterocycles. The van der Waals surface area contributed by atoms with Crippen LogP contribution in [0, 0.1) is 0 Å². The first-order valence-electron chi connectivity index (χ1n) is 10.1. The fourth-order valence-electron chi connectivity index (χ4n) is 3.45. The fourth-order valence-corrected chi connectivity index (χ4v) is 4.70. The van der Waals surface area contributed by atoms with Gasteiger partial charge in [-0.25, -0.2) is 4.99 Å². The minimum atomic E-state index is -0.0839. The number of nitrogens with zero attached hydrogens (tertiary/aromatic N) is 3. The van der Waals surface area contributed by atoms with Crippen LogP contribution < -0.4 is 4.90 Å². The minimum Gasteiger partial charge on any atom is -0.317 e. The summed E-state index contributed by atoms with van der Waals surface area (Å²) in [5, 5.41) is 0.639. The number of thioether (sulfide) groups is 1. The first kappa shape index (κ1) is 20.5. The summed E-state index contributed by atoms with van der Waals surface area (Å²) in [6.07, 6.45) is 3.92. The van der Waals surface area contributed by atoms with Gasteiger partial charge in [0, 0.05) is 22.1 Å². The first-order chi connectivity index (χ1) is 15.7. The highest BCUT2D eigenvalue weighted by Gasteiger charge is 2.34. The van der Waals surface area contributed by atoms with Gasteiger partial charge in [0.05, 0.1) is 16.3 Å². The molecule has 4 aromatic rings. The van der Waals surface area contributed by atoms with Crippen molar-refractivity contribution in [2.45, 2.75) is 0 Å². The van der Waals surface area contributed by atoms with Gasteiger partial charge in [-0.1, -0.05) is 52.3 Å². The number of benzene rings is 3. The SMILES string of the molecule is O=C1/C(=C/c2cccn2-c2ccc(Br)cc2)SC(=Nc2ccccc2)N1c1ccccc1. The molecule has 32 heavy (non-hydrogen) atoms. The van der Waals surface area contributed by atoms with E-state index in [4.69, 9.17) is 4.99 Å². The Kier molecular flexibility index (Phi) is 5.79. The van der Waals surface area contributed by atoms with E-state index in [1.54, 1.807) is 4.90 Å². The van der Waals surface area contributed by atoms with E-state index in [1.807, 2.05) is 109 Å². The third kappa shape index (κ3) is 4.20. The third-order valence-corrected chi connectivity index (χ3v) is 6.46. The summed E-state index contributed by atoms with van der Waals surface area (Å²) in [5.74, 6) is -0.0839. The van der Waals surface area contributed by atoms with Crippen molar-refractivity contribution in [3.05, 3.63) is 118 Å². The predicted molar refractivity (Wildman–Crippen MR) is 137 cm³/mol. The van der Waals surface area contributed by atoms with Crippen molar-refractivity contribution in [2.75, 3.05) is 4.90 Å². The Morgan fingerprint density at radius 3 is 2.19 bits per heavy atom. The molecule has 1 amide bonds. The molecule has 0 aliphatic carbocycles. The molecule has 1 aliphatic rings. The van der Waals surface area contributed by atoms with Gasteiger partial charge in [0.25, 0.3) is 5.91 Å². The number of carbonyl (C=O) groups excluding carboxylic acids is 1. The number of amidine groups is 1. The maximum Gasteiger partial charge on any atom is 0.271 e. The monoisotopic (exact) mass is 499 g/mol. The van der Waals surface area contributed by atoms with E-state index in [9.17, 15) is 4.79 Å². The normalized spacial score (nSPS) is 16.3. The van der Waals surface area contributed by atoms with E-state index in [2.05, 4.69) is 20.5 Å². The summed E-state index contributed by atoms with van der Waals surface area (Å²) >= 11 is 4.87. The maximum atomic E-state index is 13.5. The number of hydrogen-bond donors (Lipinski definition) is 0. The van der Waals surface area contributed by atoms with E-state index in [-0.39, 0.29) is 5.91 Å². The highest BCUT2D eigenvalue weighted by Crippen LogP contribution is 2.37. The van der Waals surface area contributed by atoms with E-state index in [0.717, 1.165) is 27.2 Å². The Balaban J connectivity index is 1.56. The second-order valence-corrected chi connectivity index (χ2v) is 9.02. The van der Waals surface area contributed by atoms with E-state index in [0.29, 0.717) is 10.1 Å². The molecule has 0 radical (unpaired) electrons. The van der Waals surface area contributed by atoms with Crippen LogP contribution in [0.4, 0.5) is 11.4 Å². The van der Waals surface area contributed by atoms with E-state index < -0.39 is 0 Å². The molecule has 156 valence electrons. The molecular formula is C26H18BrN3OS. The Hall–Kier alpha value is -3.35. The van der Waals surface area contributed by atoms with Crippen molar-refractivity contribution in [2.24, 2.45) is 4.99 Å². The van der Waals surface area contributed by atoms with Gasteiger partial charge in [0.15, 0.2) is 5.17 Å². The van der Waals surface area contributed by atoms with Crippen LogP contribution in [0.15, 0.2) is 118 Å². The quantitative estimate of drug-likeness (QED) is 0.282. The summed E-state index contributed by atoms with van der Waals surface area (Å²) in [6, 6.07) is 31.4. The fraction of sp³-hybridized carbons (Fsp3) is 0. The first-order valence-corrected chi connectivity index (χ1v) is 11.7. The van der Waals surface area contributed by atoms with Gasteiger partial charge in [-0.3, -0.25) is 9.69 Å². The molecule has 2 heterocycles. The van der Waals surface area contributed by atoms with Crippen LogP contribution in [0.1, 0.15) is 5.69 Å². The predicted octanol–water partition coefficient (Wildman–Crippen LogP) is 7.05. The molecule has 5 rings (SSSR count). The van der Waals surface area contributed by atoms with Gasteiger partial charge in [-0.05, 0) is 78.5 Å². The zero-order chi connectivity index (χ0) is 21.9. The van der Waals surface area contributed by atoms with Crippen molar-refractivity contribution < 1.29 is 4.79 Å². The lowest BCUT2D eigenvalue weighted by atomic mass is 10.2. The average molecular weight is 500 g/mol. The summed E-state index contributed by atoms with van der Waals surface area (Å²) in [6.45, 7) is 0. The average Bonchev–Trinajstić information content (AvgIpc) is 3.40. The summed E-state index contributed by atoms with van der Waals surface area (Å²) in [5.41, 5.74) is 3.56. The van der Waals surface area contributed by atoms with Gasteiger partial charge in [-0.15, -0.1) is 0 Å². The zero-order valence-electron chi connectivity index (χ0n) is 16.9. The standard InChI is InChI=1S/C26H18BrN3OS/c27-19-13-15-21(16-14-19)29-17-7-12-23(29)18-24-25(31)30(22-10-5-2-6-11-22)26(32-24)28-20-8-3-1-4-9-20/h1-18H/b24-18-,28-26?. The Labute approximate surface area is 199 Å². The lowest BCUT2D eigenvalue weighted by molar-refractivity contribution is -0.113. The van der Waals surface area contributed by atoms with Crippen molar-refractivity contribution in [3.8, 4) is 5.69 Å². The Morgan fingerprint density at radius 2 is 1.47 bits per heavy atom. The van der Waals surface area contributed by atoms with Gasteiger partial charge < -0.3 is 4.57 Å². The molecule has 0 spiro atoms. The molecule has 1 aromatic heterocycles. The van der Waals surface area contributed by atoms with Crippen molar-refractivity contribution in [3.63, 3.8) is 0 Å². The van der Waals surface area contributed by atoms with Crippen LogP contribution in [0.2, 0.25) is 0 Å². The van der Waals surface area contributed by atoms with Gasteiger partial charge in [0.1, 0.15) is 0 Å². The lowest BCUT2D eigenvalue weighted by Gasteiger charge is -2.15. The van der Waals surface area contributed by atoms with Crippen LogP contribution in [0.5, 0.6) is 0 Å². The number of rotatable bonds is 4. The van der Waals surface area contributed by atoms with Crippen LogP contribution in [0.25, 0.3) is 11.8 Å². The van der Waals surface area contributed by atoms with Gasteiger partial charge in [0.2, 0.25) is 0 Å². The number of anilines is 1. The van der Waals surface area contributed by atoms with Gasteiger partial charge >= 0.3 is 0 Å². The second kappa shape index (κ2) is 9.02. The Bertz CT molecular complexity index is 1310. The Morgan fingerprint density at radius 1 is 0.781 bits per heavy atom. The summed E-state index contributed by atoms with van der Waals surface area (Å²) < 4.78 is 3.09. The molecule has 0 unspecified atom stereocenters. The molecule has 3 aromatic carbocycles. The second-order valence-electron chi connectivity index (χ2n) is 7.10. The number of halogens is 1. The van der Waals surface area contributed by atoms with Crippen LogP contribution >= 0.6 is 27.7 Å². The van der Waals surface area contributed by atoms with E-state index in [1.165, 1.54) is 11.8 Å². The highest BCUT2D eigenvalue weighted by atomic mass is 79.9. The number of aromatic nitrogens is 1. The van der Waals surface area contributed by atoms with Crippen LogP contribution in [0.3, 0.4) is 0 Å². The molecule has 4 nitrogen and oxygen atoms in total.